The minimum atomic E-state index is -0.809. The van der Waals surface area contributed by atoms with Gasteiger partial charge in [0.1, 0.15) is 5.60 Å². The second-order valence-corrected chi connectivity index (χ2v) is 13.4. The van der Waals surface area contributed by atoms with Crippen LogP contribution in [0.4, 0.5) is 4.79 Å². The van der Waals surface area contributed by atoms with E-state index in [1.54, 1.807) is 6.92 Å². The maximum atomic E-state index is 12.1. The SMILES string of the molecule is CC(C)CNC(C(C)O)C1(OC(N)=O)CC[C@@]2(C)C(CC[C@@H]3[C@@H]2CC[C@]2(C)C(C(=O)O)CC[C@@H]32)C1. The third-order valence-electron chi connectivity index (χ3n) is 11.1. The molecule has 4 saturated carbocycles. The van der Waals surface area contributed by atoms with Gasteiger partial charge in [0.15, 0.2) is 0 Å². The highest BCUT2D eigenvalue weighted by Gasteiger charge is 2.63. The first-order valence-electron chi connectivity index (χ1n) is 14.0. The molecule has 0 saturated heterocycles. The summed E-state index contributed by atoms with van der Waals surface area (Å²) >= 11 is 0. The highest BCUT2D eigenvalue weighted by Crippen LogP contribution is 2.68. The molecule has 4 rings (SSSR count). The van der Waals surface area contributed by atoms with Gasteiger partial charge in [-0.1, -0.05) is 27.7 Å². The van der Waals surface area contributed by atoms with Gasteiger partial charge in [-0.2, -0.15) is 0 Å². The third-order valence-corrected chi connectivity index (χ3v) is 11.1. The largest absolute Gasteiger partial charge is 0.481 e. The molecule has 5 N–H and O–H groups in total. The summed E-state index contributed by atoms with van der Waals surface area (Å²) in [6.45, 7) is 11.4. The van der Waals surface area contributed by atoms with Gasteiger partial charge in [0.05, 0.1) is 18.1 Å². The molecule has 4 aliphatic carbocycles. The van der Waals surface area contributed by atoms with E-state index in [2.05, 4.69) is 33.0 Å². The number of carbonyl (C=O) groups excluding carboxylic acids is 1. The Morgan fingerprint density at radius 1 is 1.00 bits per heavy atom. The number of hydrogen-bond donors (Lipinski definition) is 4. The maximum Gasteiger partial charge on any atom is 0.405 e. The van der Waals surface area contributed by atoms with Crippen molar-refractivity contribution in [3.63, 3.8) is 0 Å². The van der Waals surface area contributed by atoms with Crippen molar-refractivity contribution in [3.8, 4) is 0 Å². The molecule has 0 bridgehead atoms. The van der Waals surface area contributed by atoms with E-state index in [4.69, 9.17) is 10.5 Å². The van der Waals surface area contributed by atoms with Gasteiger partial charge in [0.2, 0.25) is 0 Å². The molecule has 10 atom stereocenters. The number of carbonyl (C=O) groups is 2. The molecule has 0 aromatic carbocycles. The maximum absolute atomic E-state index is 12.1. The van der Waals surface area contributed by atoms with Crippen molar-refractivity contribution in [1.29, 1.82) is 0 Å². The predicted molar refractivity (Wildman–Crippen MR) is 135 cm³/mol. The minimum Gasteiger partial charge on any atom is -0.481 e. The first kappa shape index (κ1) is 26.7. The highest BCUT2D eigenvalue weighted by molar-refractivity contribution is 5.71. The second-order valence-electron chi connectivity index (χ2n) is 13.4. The summed E-state index contributed by atoms with van der Waals surface area (Å²) in [4.78, 5) is 24.1. The summed E-state index contributed by atoms with van der Waals surface area (Å²) in [5, 5.41) is 24.2. The van der Waals surface area contributed by atoms with Crippen LogP contribution in [-0.2, 0) is 9.53 Å². The summed E-state index contributed by atoms with van der Waals surface area (Å²) in [6.07, 6.45) is 7.00. The van der Waals surface area contributed by atoms with Gasteiger partial charge in [-0.05, 0) is 112 Å². The lowest BCUT2D eigenvalue weighted by Gasteiger charge is -2.63. The molecule has 0 aromatic heterocycles. The molecule has 35 heavy (non-hydrogen) atoms. The number of nitrogens with one attached hydrogen (secondary N) is 1. The molecule has 7 heteroatoms. The van der Waals surface area contributed by atoms with Crippen LogP contribution in [0.5, 0.6) is 0 Å². The van der Waals surface area contributed by atoms with E-state index in [0.29, 0.717) is 36.0 Å². The van der Waals surface area contributed by atoms with E-state index in [1.807, 2.05) is 0 Å². The standard InChI is InChI=1S/C28H48N2O5/c1-16(2)15-30-23(17(3)31)28(35-25(29)34)13-12-26(4)18(14-28)6-7-19-20-8-9-22(24(32)33)27(20,5)11-10-21(19)26/h16-23,30-31H,6-15H2,1-5H3,(H2,29,34)(H,32,33)/t17?,18?,19-,20-,21-,22?,23?,26-,27-,28?/m0/s1. The summed E-state index contributed by atoms with van der Waals surface area (Å²) in [5.41, 5.74) is 4.85. The molecule has 7 nitrogen and oxygen atoms in total. The van der Waals surface area contributed by atoms with Gasteiger partial charge in [-0.3, -0.25) is 4.79 Å². The number of primary amides is 1. The van der Waals surface area contributed by atoms with E-state index in [9.17, 15) is 19.8 Å². The Morgan fingerprint density at radius 2 is 1.69 bits per heavy atom. The van der Waals surface area contributed by atoms with Crippen molar-refractivity contribution in [2.24, 2.45) is 52.1 Å². The Balaban J connectivity index is 1.59. The number of amides is 1. The van der Waals surface area contributed by atoms with Crippen LogP contribution in [0.1, 0.15) is 92.4 Å². The number of aliphatic hydroxyl groups is 1. The molecule has 1 amide bonds. The Labute approximate surface area is 210 Å². The van der Waals surface area contributed by atoms with E-state index >= 15 is 0 Å². The van der Waals surface area contributed by atoms with Gasteiger partial charge in [0, 0.05) is 0 Å². The van der Waals surface area contributed by atoms with Crippen molar-refractivity contribution in [2.75, 3.05) is 6.54 Å². The van der Waals surface area contributed by atoms with Gasteiger partial charge in [-0.25, -0.2) is 4.79 Å². The van der Waals surface area contributed by atoms with Gasteiger partial charge in [-0.15, -0.1) is 0 Å². The zero-order valence-corrected chi connectivity index (χ0v) is 22.4. The lowest BCUT2D eigenvalue weighted by atomic mass is 9.43. The fourth-order valence-corrected chi connectivity index (χ4v) is 9.46. The zero-order chi connectivity index (χ0) is 25.8. The number of rotatable bonds is 7. The highest BCUT2D eigenvalue weighted by atomic mass is 16.6. The third kappa shape index (κ3) is 4.49. The summed E-state index contributed by atoms with van der Waals surface area (Å²) in [7, 11) is 0. The molecule has 5 unspecified atom stereocenters. The number of fused-ring (bicyclic) bond motifs is 5. The number of nitrogens with two attached hydrogens (primary N) is 1. The van der Waals surface area contributed by atoms with Crippen LogP contribution in [0.2, 0.25) is 0 Å². The van der Waals surface area contributed by atoms with E-state index < -0.39 is 23.8 Å². The molecular weight excluding hydrogens is 444 g/mol. The van der Waals surface area contributed by atoms with Crippen LogP contribution in [0.3, 0.4) is 0 Å². The molecule has 0 radical (unpaired) electrons. The van der Waals surface area contributed by atoms with E-state index in [0.717, 1.165) is 57.9 Å². The van der Waals surface area contributed by atoms with Crippen molar-refractivity contribution in [2.45, 2.75) is 110 Å². The number of carboxylic acids is 1. The Bertz CT molecular complexity index is 817. The molecule has 0 aromatic rings. The number of aliphatic carboxylic acids is 1. The topological polar surface area (TPSA) is 122 Å². The lowest BCUT2D eigenvalue weighted by Crippen LogP contribution is -2.65. The minimum absolute atomic E-state index is 0.0815. The number of carboxylic acid groups (broad SMARTS) is 1. The molecule has 4 aliphatic rings. The average Bonchev–Trinajstić information content (AvgIpc) is 3.11. The Morgan fingerprint density at radius 3 is 2.29 bits per heavy atom. The van der Waals surface area contributed by atoms with Crippen molar-refractivity contribution in [1.82, 2.24) is 5.32 Å². The first-order chi connectivity index (χ1) is 16.3. The monoisotopic (exact) mass is 492 g/mol. The summed E-state index contributed by atoms with van der Waals surface area (Å²) < 4.78 is 5.94. The zero-order valence-electron chi connectivity index (χ0n) is 22.4. The normalized spacial score (nSPS) is 44.6. The molecule has 0 aliphatic heterocycles. The number of ether oxygens (including phenoxy) is 1. The van der Waals surface area contributed by atoms with Crippen LogP contribution in [0.25, 0.3) is 0 Å². The number of hydrogen-bond acceptors (Lipinski definition) is 5. The fraction of sp³-hybridized carbons (Fsp3) is 0.929. The molecular formula is C28H48N2O5. The first-order valence-corrected chi connectivity index (χ1v) is 14.0. The molecule has 0 spiro atoms. The van der Waals surface area contributed by atoms with Crippen molar-refractivity contribution in [3.05, 3.63) is 0 Å². The van der Waals surface area contributed by atoms with Crippen LogP contribution in [-0.4, -0.2) is 46.6 Å². The van der Waals surface area contributed by atoms with Gasteiger partial charge < -0.3 is 26.0 Å². The smallest absolute Gasteiger partial charge is 0.405 e. The fourth-order valence-electron chi connectivity index (χ4n) is 9.46. The predicted octanol–water partition coefficient (Wildman–Crippen LogP) is 4.56. The van der Waals surface area contributed by atoms with E-state index in [-0.39, 0.29) is 22.8 Å². The number of aliphatic hydroxyl groups excluding tert-OH is 1. The van der Waals surface area contributed by atoms with Crippen molar-refractivity contribution >= 4 is 12.1 Å². The molecule has 200 valence electrons. The molecule has 4 fully saturated rings. The molecule has 0 heterocycles. The average molecular weight is 493 g/mol. The van der Waals surface area contributed by atoms with Crippen LogP contribution < -0.4 is 11.1 Å². The Hall–Kier alpha value is -1.34. The van der Waals surface area contributed by atoms with Crippen LogP contribution in [0.15, 0.2) is 0 Å². The van der Waals surface area contributed by atoms with Crippen LogP contribution >= 0.6 is 0 Å². The quantitative estimate of drug-likeness (QED) is 0.413. The van der Waals surface area contributed by atoms with Crippen LogP contribution in [0, 0.1) is 46.3 Å². The van der Waals surface area contributed by atoms with Gasteiger partial charge in [0.25, 0.3) is 0 Å². The summed E-state index contributed by atoms with van der Waals surface area (Å²) in [5.74, 6) is 1.62. The lowest BCUT2D eigenvalue weighted by molar-refractivity contribution is -0.170. The second kappa shape index (κ2) is 9.51. The van der Waals surface area contributed by atoms with Gasteiger partial charge >= 0.3 is 12.1 Å². The summed E-state index contributed by atoms with van der Waals surface area (Å²) in [6, 6.07) is -0.361. The van der Waals surface area contributed by atoms with E-state index in [1.165, 1.54) is 0 Å². The van der Waals surface area contributed by atoms with Crippen molar-refractivity contribution < 1.29 is 24.5 Å². The Kier molecular flexibility index (Phi) is 7.26.